The number of hydrogen-bond acceptors (Lipinski definition) is 6. The van der Waals surface area contributed by atoms with Gasteiger partial charge in [0, 0.05) is 16.1 Å². The topological polar surface area (TPSA) is 93.4 Å². The number of nitrogens with one attached hydrogen (secondary N) is 1. The number of fused-ring (bicyclic) bond motifs is 1. The van der Waals surface area contributed by atoms with Gasteiger partial charge in [-0.25, -0.2) is 13.8 Å². The second kappa shape index (κ2) is 6.87. The van der Waals surface area contributed by atoms with Crippen LogP contribution in [0.2, 0.25) is 0 Å². The average molecular weight is 407 g/mol. The van der Waals surface area contributed by atoms with Crippen molar-refractivity contribution in [3.8, 4) is 0 Å². The van der Waals surface area contributed by atoms with E-state index in [0.29, 0.717) is 11.3 Å². The third-order valence-corrected chi connectivity index (χ3v) is 8.25. The number of carbonyl (C=O) groups excluding carboxylic acids is 1. The molecule has 4 rings (SSSR count). The minimum atomic E-state index is -2.97. The van der Waals surface area contributed by atoms with Gasteiger partial charge in [-0.2, -0.15) is 10.2 Å². The molecule has 1 aliphatic heterocycles. The number of aryl methyl sites for hydroxylation is 3. The summed E-state index contributed by atoms with van der Waals surface area (Å²) in [6.07, 6.45) is 5.46. The molecule has 1 aliphatic carbocycles. The maximum absolute atomic E-state index is 12.3. The lowest BCUT2D eigenvalue weighted by Crippen LogP contribution is -2.16. The normalized spacial score (nSPS) is 21.0. The van der Waals surface area contributed by atoms with E-state index < -0.39 is 9.84 Å². The smallest absolute Gasteiger partial charge is 0.266 e. The lowest BCUT2D eigenvalue weighted by molar-refractivity contribution is 0.0959. The van der Waals surface area contributed by atoms with Gasteiger partial charge in [0.15, 0.2) is 9.84 Å². The van der Waals surface area contributed by atoms with Crippen LogP contribution in [0.25, 0.3) is 0 Å². The van der Waals surface area contributed by atoms with Crippen molar-refractivity contribution in [2.45, 2.75) is 45.6 Å². The molecular formula is C18H22N4O3S2. The maximum Gasteiger partial charge on any atom is 0.281 e. The summed E-state index contributed by atoms with van der Waals surface area (Å²) in [4.78, 5) is 14.3. The Morgan fingerprint density at radius 2 is 2.22 bits per heavy atom. The van der Waals surface area contributed by atoms with Crippen LogP contribution in [-0.2, 0) is 22.7 Å². The summed E-state index contributed by atoms with van der Waals surface area (Å²) in [6, 6.07) is 1.84. The molecule has 0 radical (unpaired) electrons. The molecule has 0 saturated carbocycles. The Balaban J connectivity index is 1.46. The first-order valence-corrected chi connectivity index (χ1v) is 11.7. The van der Waals surface area contributed by atoms with Gasteiger partial charge < -0.3 is 0 Å². The zero-order valence-electron chi connectivity index (χ0n) is 15.4. The van der Waals surface area contributed by atoms with Gasteiger partial charge >= 0.3 is 0 Å². The highest BCUT2D eigenvalue weighted by Gasteiger charge is 2.31. The fourth-order valence-corrected chi connectivity index (χ4v) is 6.67. The van der Waals surface area contributed by atoms with Crippen LogP contribution in [0.1, 0.15) is 55.9 Å². The van der Waals surface area contributed by atoms with Crippen LogP contribution in [0.5, 0.6) is 0 Å². The highest BCUT2D eigenvalue weighted by atomic mass is 32.2. The number of aromatic nitrogens is 2. The molecule has 0 bridgehead atoms. The molecule has 1 amide bonds. The van der Waals surface area contributed by atoms with Crippen molar-refractivity contribution in [1.82, 2.24) is 15.2 Å². The lowest BCUT2D eigenvalue weighted by Gasteiger charge is -2.10. The van der Waals surface area contributed by atoms with E-state index in [1.807, 2.05) is 19.9 Å². The van der Waals surface area contributed by atoms with Crippen molar-refractivity contribution in [3.63, 3.8) is 0 Å². The van der Waals surface area contributed by atoms with Gasteiger partial charge in [-0.15, -0.1) is 11.3 Å². The molecule has 0 aromatic carbocycles. The first kappa shape index (κ1) is 18.4. The molecule has 9 heteroatoms. The van der Waals surface area contributed by atoms with Crippen LogP contribution in [0.4, 0.5) is 0 Å². The predicted molar refractivity (Wildman–Crippen MR) is 105 cm³/mol. The van der Waals surface area contributed by atoms with Gasteiger partial charge in [-0.3, -0.25) is 9.48 Å². The van der Waals surface area contributed by atoms with Crippen molar-refractivity contribution >= 4 is 33.3 Å². The highest BCUT2D eigenvalue weighted by molar-refractivity contribution is 7.91. The Bertz CT molecular complexity index is 1010. The molecule has 3 heterocycles. The Kier molecular flexibility index (Phi) is 4.67. The Labute approximate surface area is 162 Å². The fraction of sp³-hybridized carbons (Fsp3) is 0.500. The minimum absolute atomic E-state index is 0.126. The maximum atomic E-state index is 12.3. The van der Waals surface area contributed by atoms with Gasteiger partial charge in [0.2, 0.25) is 0 Å². The molecule has 1 saturated heterocycles. The summed E-state index contributed by atoms with van der Waals surface area (Å²) in [5.74, 6) is 0.140. The zero-order chi connectivity index (χ0) is 19.2. The zero-order valence-corrected chi connectivity index (χ0v) is 17.0. The lowest BCUT2D eigenvalue weighted by atomic mass is 10.2. The van der Waals surface area contributed by atoms with Gasteiger partial charge in [0.25, 0.3) is 5.91 Å². The van der Waals surface area contributed by atoms with E-state index in [4.69, 9.17) is 0 Å². The second-order valence-corrected chi connectivity index (χ2v) is 10.6. The van der Waals surface area contributed by atoms with E-state index in [0.717, 1.165) is 29.8 Å². The van der Waals surface area contributed by atoms with Crippen molar-refractivity contribution < 1.29 is 13.2 Å². The van der Waals surface area contributed by atoms with Gasteiger partial charge in [0.05, 0.1) is 34.3 Å². The Morgan fingerprint density at radius 1 is 1.41 bits per heavy atom. The van der Waals surface area contributed by atoms with E-state index in [-0.39, 0.29) is 23.5 Å². The van der Waals surface area contributed by atoms with Gasteiger partial charge in [-0.05, 0) is 51.2 Å². The molecule has 2 aromatic rings. The molecule has 1 fully saturated rings. The van der Waals surface area contributed by atoms with Crippen LogP contribution in [-0.4, -0.2) is 41.8 Å². The summed E-state index contributed by atoms with van der Waals surface area (Å²) in [6.45, 7) is 3.76. The quantitative estimate of drug-likeness (QED) is 0.622. The third kappa shape index (κ3) is 3.58. The number of nitrogens with zero attached hydrogens (tertiary/aromatic N) is 3. The number of sulfone groups is 1. The summed E-state index contributed by atoms with van der Waals surface area (Å²) < 4.78 is 25.3. The SMILES string of the molecule is Cc1nn([C@@H]2CCS(=O)(=O)C2)c(C)c1/C=N\NC(=O)c1cc2c(s1)CCC2. The number of rotatable bonds is 4. The number of carbonyl (C=O) groups is 1. The van der Waals surface area contributed by atoms with Crippen LogP contribution < -0.4 is 5.43 Å². The van der Waals surface area contributed by atoms with E-state index in [9.17, 15) is 13.2 Å². The number of thiophene rings is 1. The molecule has 0 unspecified atom stereocenters. The van der Waals surface area contributed by atoms with Crippen LogP contribution in [0.15, 0.2) is 11.2 Å². The summed E-state index contributed by atoms with van der Waals surface area (Å²) in [5, 5.41) is 8.60. The second-order valence-electron chi connectivity index (χ2n) is 7.20. The highest BCUT2D eigenvalue weighted by Crippen LogP contribution is 2.30. The Hall–Kier alpha value is -2.00. The molecule has 2 aliphatic rings. The summed E-state index contributed by atoms with van der Waals surface area (Å²) in [5.41, 5.74) is 6.32. The first-order chi connectivity index (χ1) is 12.8. The molecule has 1 N–H and O–H groups in total. The largest absolute Gasteiger partial charge is 0.281 e. The Morgan fingerprint density at radius 3 is 2.93 bits per heavy atom. The molecule has 2 aromatic heterocycles. The van der Waals surface area contributed by atoms with Crippen LogP contribution in [0.3, 0.4) is 0 Å². The van der Waals surface area contributed by atoms with Crippen molar-refractivity contribution in [2.75, 3.05) is 11.5 Å². The van der Waals surface area contributed by atoms with E-state index >= 15 is 0 Å². The predicted octanol–water partition coefficient (Wildman–Crippen LogP) is 2.17. The number of hydrogen-bond donors (Lipinski definition) is 1. The van der Waals surface area contributed by atoms with E-state index in [1.165, 1.54) is 16.9 Å². The van der Waals surface area contributed by atoms with E-state index in [1.54, 1.807) is 22.2 Å². The van der Waals surface area contributed by atoms with E-state index in [2.05, 4.69) is 15.6 Å². The third-order valence-electron chi connectivity index (χ3n) is 5.27. The average Bonchev–Trinajstić information content (AvgIpc) is 3.33. The number of amides is 1. The molecule has 144 valence electrons. The first-order valence-electron chi connectivity index (χ1n) is 9.05. The van der Waals surface area contributed by atoms with Gasteiger partial charge in [0.1, 0.15) is 0 Å². The molecule has 0 spiro atoms. The fourth-order valence-electron chi connectivity index (χ4n) is 3.84. The van der Waals surface area contributed by atoms with Crippen molar-refractivity contribution in [3.05, 3.63) is 38.3 Å². The summed E-state index contributed by atoms with van der Waals surface area (Å²) in [7, 11) is -2.97. The van der Waals surface area contributed by atoms with Crippen molar-refractivity contribution in [1.29, 1.82) is 0 Å². The summed E-state index contributed by atoms with van der Waals surface area (Å²) >= 11 is 1.54. The number of hydrazone groups is 1. The van der Waals surface area contributed by atoms with Gasteiger partial charge in [-0.1, -0.05) is 0 Å². The molecule has 7 nitrogen and oxygen atoms in total. The minimum Gasteiger partial charge on any atom is -0.266 e. The molecule has 27 heavy (non-hydrogen) atoms. The standard InChI is InChI=1S/C18H22N4O3S2/c1-11-15(12(2)22(21-11)14-6-7-27(24,25)10-14)9-19-20-18(23)17-8-13-4-3-5-16(13)26-17/h8-9,14H,3-7,10H2,1-2H3,(H,20,23)/b19-9-/t14-/m1/s1. The van der Waals surface area contributed by atoms with Crippen LogP contribution in [0, 0.1) is 13.8 Å². The molecule has 1 atom stereocenters. The monoisotopic (exact) mass is 406 g/mol. The van der Waals surface area contributed by atoms with Crippen LogP contribution >= 0.6 is 11.3 Å². The van der Waals surface area contributed by atoms with Crippen molar-refractivity contribution in [2.24, 2.45) is 5.10 Å². The molecular weight excluding hydrogens is 384 g/mol.